The number of hydrogen-bond acceptors (Lipinski definition) is 2. The average molecular weight is 498 g/mol. The zero-order chi connectivity index (χ0) is 25.5. The molecule has 3 aromatic rings. The Morgan fingerprint density at radius 2 is 1.34 bits per heavy atom. The Labute approximate surface area is 197 Å². The molecule has 0 spiro atoms. The number of ether oxygens (including phenoxy) is 2. The first-order valence-corrected chi connectivity index (χ1v) is 11.1. The van der Waals surface area contributed by atoms with Crippen LogP contribution in [0.15, 0.2) is 30.3 Å². The van der Waals surface area contributed by atoms with Crippen molar-refractivity contribution >= 4 is 0 Å². The Balaban J connectivity index is 1.71. The zero-order valence-electron chi connectivity index (χ0n) is 18.9. The van der Waals surface area contributed by atoms with Crippen molar-refractivity contribution in [3.63, 3.8) is 0 Å². The fraction of sp³-hybridized carbons (Fsp3) is 0.308. The molecule has 0 saturated carbocycles. The van der Waals surface area contributed by atoms with Gasteiger partial charge in [-0.3, -0.25) is 0 Å². The number of aryl methyl sites for hydroxylation is 2. The first kappa shape index (κ1) is 24.9. The molecule has 1 heterocycles. The van der Waals surface area contributed by atoms with Gasteiger partial charge in [0.2, 0.25) is 11.6 Å². The topological polar surface area (TPSA) is 18.5 Å². The predicted octanol–water partition coefficient (Wildman–Crippen LogP) is 8.11. The normalized spacial score (nSPS) is 12.7. The average Bonchev–Trinajstić information content (AvgIpc) is 2.82. The number of fused-ring (bicyclic) bond motifs is 2. The van der Waals surface area contributed by atoms with Gasteiger partial charge < -0.3 is 9.47 Å². The van der Waals surface area contributed by atoms with Crippen LogP contribution in [0.4, 0.5) is 30.7 Å². The van der Waals surface area contributed by atoms with Crippen LogP contribution in [0.3, 0.4) is 0 Å². The molecule has 0 fully saturated rings. The number of halogens is 7. The van der Waals surface area contributed by atoms with Crippen molar-refractivity contribution in [3.8, 4) is 17.2 Å². The molecular weight excluding hydrogens is 477 g/mol. The van der Waals surface area contributed by atoms with Crippen molar-refractivity contribution in [2.75, 3.05) is 0 Å². The molecule has 1 aliphatic rings. The molecule has 0 atom stereocenters. The fourth-order valence-corrected chi connectivity index (χ4v) is 4.08. The standard InChI is InChI=1S/C26H21F7O2/c1-3-5-13-9-10-18(22(30)19(13)27)35-26(32,33)17-12-16-11-15-8-7-14(6-4-2)20(28)24(15)34-25(16)23(31)21(17)29/h7-10,12H,3-6,11H2,1-2H3. The van der Waals surface area contributed by atoms with Crippen molar-refractivity contribution in [1.29, 1.82) is 0 Å². The van der Waals surface area contributed by atoms with Crippen LogP contribution in [0.25, 0.3) is 0 Å². The Hall–Kier alpha value is -3.23. The molecule has 9 heteroatoms. The fourth-order valence-electron chi connectivity index (χ4n) is 4.08. The molecule has 0 bridgehead atoms. The van der Waals surface area contributed by atoms with Crippen molar-refractivity contribution in [3.05, 3.63) is 87.2 Å². The minimum absolute atomic E-state index is 0.0307. The second-order valence-corrected chi connectivity index (χ2v) is 8.32. The van der Waals surface area contributed by atoms with E-state index in [1.807, 2.05) is 6.92 Å². The van der Waals surface area contributed by atoms with Crippen LogP contribution in [0, 0.1) is 29.1 Å². The van der Waals surface area contributed by atoms with Crippen molar-refractivity contribution in [2.24, 2.45) is 0 Å². The molecule has 0 aromatic heterocycles. The Kier molecular flexibility index (Phi) is 6.71. The minimum Gasteiger partial charge on any atom is -0.450 e. The van der Waals surface area contributed by atoms with Crippen LogP contribution in [0.5, 0.6) is 17.2 Å². The highest BCUT2D eigenvalue weighted by atomic mass is 19.3. The van der Waals surface area contributed by atoms with E-state index in [1.165, 1.54) is 12.1 Å². The maximum absolute atomic E-state index is 14.9. The van der Waals surface area contributed by atoms with Gasteiger partial charge >= 0.3 is 6.11 Å². The molecule has 0 unspecified atom stereocenters. The van der Waals surface area contributed by atoms with Gasteiger partial charge in [-0.05, 0) is 36.1 Å². The van der Waals surface area contributed by atoms with Crippen LogP contribution in [-0.4, -0.2) is 0 Å². The molecule has 4 rings (SSSR count). The SMILES string of the molecule is CCCc1ccc(OC(F)(F)c2cc3c(c(F)c2F)Oc2c(ccc(CCC)c2F)C3)c(F)c1F. The van der Waals surface area contributed by atoms with Gasteiger partial charge in [0.25, 0.3) is 0 Å². The van der Waals surface area contributed by atoms with E-state index >= 15 is 0 Å². The number of alkyl halides is 2. The van der Waals surface area contributed by atoms with E-state index < -0.39 is 52.3 Å². The third-order valence-corrected chi connectivity index (χ3v) is 5.80. The minimum atomic E-state index is -4.56. The van der Waals surface area contributed by atoms with Gasteiger partial charge in [0.05, 0.1) is 0 Å². The lowest BCUT2D eigenvalue weighted by molar-refractivity contribution is -0.189. The molecule has 0 saturated heterocycles. The molecule has 0 aliphatic carbocycles. The highest BCUT2D eigenvalue weighted by molar-refractivity contribution is 5.54. The quantitative estimate of drug-likeness (QED) is 0.240. The Morgan fingerprint density at radius 1 is 0.743 bits per heavy atom. The van der Waals surface area contributed by atoms with E-state index in [1.54, 1.807) is 6.92 Å². The number of rotatable bonds is 7. The van der Waals surface area contributed by atoms with E-state index in [0.29, 0.717) is 30.9 Å². The highest BCUT2D eigenvalue weighted by Crippen LogP contribution is 2.45. The monoisotopic (exact) mass is 498 g/mol. The third-order valence-electron chi connectivity index (χ3n) is 5.80. The van der Waals surface area contributed by atoms with Crippen LogP contribution >= 0.6 is 0 Å². The van der Waals surface area contributed by atoms with E-state index in [4.69, 9.17) is 4.74 Å². The van der Waals surface area contributed by atoms with Gasteiger partial charge in [-0.1, -0.05) is 44.9 Å². The molecule has 35 heavy (non-hydrogen) atoms. The zero-order valence-corrected chi connectivity index (χ0v) is 18.9. The summed E-state index contributed by atoms with van der Waals surface area (Å²) < 4.78 is 112. The summed E-state index contributed by atoms with van der Waals surface area (Å²) in [5, 5.41) is 0. The molecule has 0 radical (unpaired) electrons. The smallest absolute Gasteiger partial charge is 0.429 e. The first-order chi connectivity index (χ1) is 16.6. The molecule has 3 aromatic carbocycles. The molecular formula is C26H21F7O2. The van der Waals surface area contributed by atoms with Crippen LogP contribution in [0.1, 0.15) is 54.5 Å². The predicted molar refractivity (Wildman–Crippen MR) is 115 cm³/mol. The highest BCUT2D eigenvalue weighted by Gasteiger charge is 2.42. The van der Waals surface area contributed by atoms with Crippen molar-refractivity contribution < 1.29 is 40.2 Å². The van der Waals surface area contributed by atoms with Crippen LogP contribution in [0.2, 0.25) is 0 Å². The van der Waals surface area contributed by atoms with Crippen molar-refractivity contribution in [1.82, 2.24) is 0 Å². The summed E-state index contributed by atoms with van der Waals surface area (Å²) in [4.78, 5) is 0. The van der Waals surface area contributed by atoms with Gasteiger partial charge in [0, 0.05) is 17.5 Å². The lowest BCUT2D eigenvalue weighted by atomic mass is 9.95. The Morgan fingerprint density at radius 3 is 2.00 bits per heavy atom. The van der Waals surface area contributed by atoms with Gasteiger partial charge in [-0.2, -0.15) is 17.6 Å². The second kappa shape index (κ2) is 9.43. The molecule has 1 aliphatic heterocycles. The summed E-state index contributed by atoms with van der Waals surface area (Å²) in [6.45, 7) is 3.57. The Bertz CT molecular complexity index is 1290. The number of benzene rings is 3. The lowest BCUT2D eigenvalue weighted by Gasteiger charge is -2.25. The lowest BCUT2D eigenvalue weighted by Crippen LogP contribution is -2.26. The van der Waals surface area contributed by atoms with E-state index in [2.05, 4.69) is 4.74 Å². The summed E-state index contributed by atoms with van der Waals surface area (Å²) >= 11 is 0. The molecule has 2 nitrogen and oxygen atoms in total. The van der Waals surface area contributed by atoms with Gasteiger partial charge in [0.15, 0.2) is 34.7 Å². The molecule has 0 amide bonds. The number of hydrogen-bond donors (Lipinski definition) is 0. The molecule has 0 N–H and O–H groups in total. The largest absolute Gasteiger partial charge is 0.450 e. The van der Waals surface area contributed by atoms with Gasteiger partial charge in [-0.15, -0.1) is 0 Å². The summed E-state index contributed by atoms with van der Waals surface area (Å²) in [5.41, 5.74) is -1.15. The van der Waals surface area contributed by atoms with E-state index in [0.717, 1.165) is 12.1 Å². The van der Waals surface area contributed by atoms with E-state index in [-0.39, 0.29) is 35.3 Å². The first-order valence-electron chi connectivity index (χ1n) is 11.1. The van der Waals surface area contributed by atoms with Crippen LogP contribution in [-0.2, 0) is 25.4 Å². The summed E-state index contributed by atoms with van der Waals surface area (Å²) in [5.74, 6) is -9.68. The van der Waals surface area contributed by atoms with Gasteiger partial charge in [-0.25, -0.2) is 13.2 Å². The van der Waals surface area contributed by atoms with E-state index in [9.17, 15) is 30.7 Å². The summed E-state index contributed by atoms with van der Waals surface area (Å²) in [7, 11) is 0. The second-order valence-electron chi connectivity index (χ2n) is 8.32. The van der Waals surface area contributed by atoms with Gasteiger partial charge in [0.1, 0.15) is 5.56 Å². The third kappa shape index (κ3) is 4.44. The summed E-state index contributed by atoms with van der Waals surface area (Å²) in [6.07, 6.45) is -3.09. The maximum atomic E-state index is 14.9. The summed E-state index contributed by atoms with van der Waals surface area (Å²) in [6, 6.07) is 5.56. The van der Waals surface area contributed by atoms with Crippen LogP contribution < -0.4 is 9.47 Å². The molecule has 186 valence electrons. The van der Waals surface area contributed by atoms with Crippen molar-refractivity contribution in [2.45, 2.75) is 52.1 Å². The maximum Gasteiger partial charge on any atom is 0.429 e.